The second-order valence-electron chi connectivity index (χ2n) is 8.73. The summed E-state index contributed by atoms with van der Waals surface area (Å²) in [6.07, 6.45) is -2.71. The Hall–Kier alpha value is -4.52. The van der Waals surface area contributed by atoms with Gasteiger partial charge in [-0.1, -0.05) is 54.6 Å². The van der Waals surface area contributed by atoms with Crippen molar-refractivity contribution >= 4 is 11.9 Å². The fourth-order valence-electron chi connectivity index (χ4n) is 4.70. The number of Topliss-reactive ketones (excluding diaryl/α,β-unsaturated/α-hetero) is 1. The van der Waals surface area contributed by atoms with E-state index in [-0.39, 0.29) is 17.3 Å². The molecule has 38 heavy (non-hydrogen) atoms. The molecule has 4 nitrogen and oxygen atoms in total. The van der Waals surface area contributed by atoms with Crippen molar-refractivity contribution in [1.29, 1.82) is 0 Å². The molecule has 1 aliphatic carbocycles. The number of hydrogen-bond acceptors (Lipinski definition) is 4. The highest BCUT2D eigenvalue weighted by Crippen LogP contribution is 2.47. The standard InChI is InChI=1S/C31H23F3O4/c1-36-25-15-14-19(17-27(25)37-2)16-24-28(20-8-4-3-5-9-20)23-12-7-13-26(29(23)30(24)35)38-22-11-6-10-21(18-22)31(32,33)34/h3-18,28H,1-2H3/b24-16-/t28-/m0/s1. The lowest BCUT2D eigenvalue weighted by Crippen LogP contribution is -2.05. The highest BCUT2D eigenvalue weighted by molar-refractivity contribution is 6.19. The van der Waals surface area contributed by atoms with E-state index in [1.165, 1.54) is 19.2 Å². The van der Waals surface area contributed by atoms with Crippen LogP contribution < -0.4 is 14.2 Å². The first-order valence-corrected chi connectivity index (χ1v) is 11.8. The van der Waals surface area contributed by atoms with Gasteiger partial charge in [0.15, 0.2) is 17.3 Å². The molecule has 0 aliphatic heterocycles. The van der Waals surface area contributed by atoms with Gasteiger partial charge in [-0.05, 0) is 59.2 Å². The number of benzene rings is 4. The first-order chi connectivity index (χ1) is 18.3. The predicted molar refractivity (Wildman–Crippen MR) is 138 cm³/mol. The maximum atomic E-state index is 13.9. The van der Waals surface area contributed by atoms with Gasteiger partial charge in [0.1, 0.15) is 11.5 Å². The number of alkyl halides is 3. The Bertz CT molecular complexity index is 1520. The van der Waals surface area contributed by atoms with Crippen LogP contribution in [0.5, 0.6) is 23.0 Å². The Morgan fingerprint density at radius 3 is 2.21 bits per heavy atom. The van der Waals surface area contributed by atoms with Crippen molar-refractivity contribution in [3.05, 3.63) is 124 Å². The summed E-state index contributed by atoms with van der Waals surface area (Å²) in [5, 5.41) is 0. The molecular weight excluding hydrogens is 493 g/mol. The number of fused-ring (bicyclic) bond motifs is 1. The fourth-order valence-corrected chi connectivity index (χ4v) is 4.70. The SMILES string of the molecule is COc1ccc(/C=C2\C(=O)c3c(Oc4cccc(C(F)(F)F)c4)cccc3[C@@H]2c2ccccc2)cc1OC. The van der Waals surface area contributed by atoms with E-state index in [1.807, 2.05) is 42.5 Å². The summed E-state index contributed by atoms with van der Waals surface area (Å²) in [7, 11) is 3.08. The summed E-state index contributed by atoms with van der Waals surface area (Å²) < 4.78 is 56.4. The van der Waals surface area contributed by atoms with E-state index in [4.69, 9.17) is 14.2 Å². The van der Waals surface area contributed by atoms with Gasteiger partial charge in [-0.25, -0.2) is 0 Å². The molecule has 0 fully saturated rings. The van der Waals surface area contributed by atoms with Crippen LogP contribution >= 0.6 is 0 Å². The van der Waals surface area contributed by atoms with Crippen molar-refractivity contribution in [2.75, 3.05) is 14.2 Å². The molecule has 0 aromatic heterocycles. The lowest BCUT2D eigenvalue weighted by molar-refractivity contribution is -0.137. The van der Waals surface area contributed by atoms with Crippen LogP contribution in [0.15, 0.2) is 96.6 Å². The van der Waals surface area contributed by atoms with Crippen LogP contribution in [-0.2, 0) is 6.18 Å². The second-order valence-corrected chi connectivity index (χ2v) is 8.73. The van der Waals surface area contributed by atoms with E-state index in [1.54, 1.807) is 37.5 Å². The van der Waals surface area contributed by atoms with Crippen molar-refractivity contribution in [1.82, 2.24) is 0 Å². The van der Waals surface area contributed by atoms with Gasteiger partial charge in [-0.3, -0.25) is 4.79 Å². The molecule has 0 spiro atoms. The molecule has 0 unspecified atom stereocenters. The van der Waals surface area contributed by atoms with Crippen molar-refractivity contribution in [3.63, 3.8) is 0 Å². The molecule has 0 heterocycles. The third kappa shape index (κ3) is 4.75. The number of carbonyl (C=O) groups excluding carboxylic acids is 1. The molecule has 1 atom stereocenters. The van der Waals surface area contributed by atoms with Crippen molar-refractivity contribution < 1.29 is 32.2 Å². The highest BCUT2D eigenvalue weighted by Gasteiger charge is 2.38. The normalized spacial score (nSPS) is 15.9. The van der Waals surface area contributed by atoms with Gasteiger partial charge < -0.3 is 14.2 Å². The lowest BCUT2D eigenvalue weighted by Gasteiger charge is -2.15. The molecule has 1 aliphatic rings. The van der Waals surface area contributed by atoms with Crippen molar-refractivity contribution in [3.8, 4) is 23.0 Å². The Morgan fingerprint density at radius 2 is 1.50 bits per heavy atom. The second kappa shape index (κ2) is 10.1. The molecule has 7 heteroatoms. The highest BCUT2D eigenvalue weighted by atomic mass is 19.4. The van der Waals surface area contributed by atoms with Gasteiger partial charge in [0.05, 0.1) is 25.3 Å². The predicted octanol–water partition coefficient (Wildman–Crippen LogP) is 7.93. The Kier molecular flexibility index (Phi) is 6.68. The smallest absolute Gasteiger partial charge is 0.416 e. The number of rotatable bonds is 6. The fraction of sp³-hybridized carbons (Fsp3) is 0.129. The van der Waals surface area contributed by atoms with Gasteiger partial charge in [-0.2, -0.15) is 13.2 Å². The number of methoxy groups -OCH3 is 2. The van der Waals surface area contributed by atoms with Crippen LogP contribution in [0.4, 0.5) is 13.2 Å². The maximum Gasteiger partial charge on any atom is 0.416 e. The summed E-state index contributed by atoms with van der Waals surface area (Å²) in [4.78, 5) is 13.9. The third-order valence-electron chi connectivity index (χ3n) is 6.42. The quantitative estimate of drug-likeness (QED) is 0.244. The molecule has 0 amide bonds. The number of carbonyl (C=O) groups is 1. The molecule has 5 rings (SSSR count). The van der Waals surface area contributed by atoms with Crippen molar-refractivity contribution in [2.45, 2.75) is 12.1 Å². The van der Waals surface area contributed by atoms with Gasteiger partial charge in [-0.15, -0.1) is 0 Å². The largest absolute Gasteiger partial charge is 0.493 e. The Labute approximate surface area is 217 Å². The van der Waals surface area contributed by atoms with Crippen LogP contribution in [0, 0.1) is 0 Å². The summed E-state index contributed by atoms with van der Waals surface area (Å²) in [6, 6.07) is 24.7. The van der Waals surface area contributed by atoms with Gasteiger partial charge in [0.2, 0.25) is 0 Å². The minimum atomic E-state index is -4.51. The zero-order valence-corrected chi connectivity index (χ0v) is 20.6. The lowest BCUT2D eigenvalue weighted by atomic mass is 9.89. The van der Waals surface area contributed by atoms with Gasteiger partial charge >= 0.3 is 6.18 Å². The zero-order chi connectivity index (χ0) is 26.9. The van der Waals surface area contributed by atoms with Crippen LogP contribution in [0.3, 0.4) is 0 Å². The number of allylic oxidation sites excluding steroid dienone is 1. The summed E-state index contributed by atoms with van der Waals surface area (Å²) >= 11 is 0. The Morgan fingerprint density at radius 1 is 0.763 bits per heavy atom. The Balaban J connectivity index is 1.62. The molecule has 0 saturated heterocycles. The molecule has 0 N–H and O–H groups in total. The minimum absolute atomic E-state index is 0.00499. The number of ketones is 1. The van der Waals surface area contributed by atoms with Gasteiger partial charge in [0.25, 0.3) is 0 Å². The zero-order valence-electron chi connectivity index (χ0n) is 20.6. The summed E-state index contributed by atoms with van der Waals surface area (Å²) in [5.74, 6) is 0.628. The van der Waals surface area contributed by atoms with Crippen LogP contribution in [0.2, 0.25) is 0 Å². The maximum absolute atomic E-state index is 13.9. The van der Waals surface area contributed by atoms with E-state index in [9.17, 15) is 18.0 Å². The minimum Gasteiger partial charge on any atom is -0.493 e. The molecule has 0 bridgehead atoms. The van der Waals surface area contributed by atoms with Crippen LogP contribution in [0.1, 0.15) is 38.5 Å². The first kappa shape index (κ1) is 25.1. The van der Waals surface area contributed by atoms with E-state index in [0.29, 0.717) is 22.6 Å². The van der Waals surface area contributed by atoms with E-state index < -0.39 is 17.7 Å². The monoisotopic (exact) mass is 516 g/mol. The van der Waals surface area contributed by atoms with E-state index in [0.717, 1.165) is 28.8 Å². The summed E-state index contributed by atoms with van der Waals surface area (Å²) in [5.41, 5.74) is 2.37. The van der Waals surface area contributed by atoms with Crippen LogP contribution in [0.25, 0.3) is 6.08 Å². The summed E-state index contributed by atoms with van der Waals surface area (Å²) in [6.45, 7) is 0. The molecule has 0 saturated carbocycles. The van der Waals surface area contributed by atoms with Crippen molar-refractivity contribution in [2.24, 2.45) is 0 Å². The first-order valence-electron chi connectivity index (χ1n) is 11.8. The van der Waals surface area contributed by atoms with E-state index >= 15 is 0 Å². The average Bonchev–Trinajstić information content (AvgIpc) is 3.20. The topological polar surface area (TPSA) is 44.8 Å². The number of halogens is 3. The number of ether oxygens (including phenoxy) is 3. The molecular formula is C31H23F3O4. The molecule has 0 radical (unpaired) electrons. The molecule has 192 valence electrons. The average molecular weight is 517 g/mol. The molecule has 4 aromatic rings. The third-order valence-corrected chi connectivity index (χ3v) is 6.42. The van der Waals surface area contributed by atoms with E-state index in [2.05, 4.69) is 0 Å². The van der Waals surface area contributed by atoms with Gasteiger partial charge in [0, 0.05) is 11.5 Å². The van der Waals surface area contributed by atoms with Crippen LogP contribution in [-0.4, -0.2) is 20.0 Å². The molecule has 4 aromatic carbocycles. The number of hydrogen-bond donors (Lipinski definition) is 0.